The third-order valence-electron chi connectivity index (χ3n) is 5.19. The molecule has 1 aromatic heterocycles. The van der Waals surface area contributed by atoms with Gasteiger partial charge in [-0.2, -0.15) is 0 Å². The summed E-state index contributed by atoms with van der Waals surface area (Å²) in [7, 11) is 0. The van der Waals surface area contributed by atoms with Gasteiger partial charge in [0.2, 0.25) is 0 Å². The molecule has 0 spiro atoms. The zero-order valence-corrected chi connectivity index (χ0v) is 18.3. The van der Waals surface area contributed by atoms with Gasteiger partial charge in [0.05, 0.1) is 10.5 Å². The SMILES string of the molecule is CSc1ncccc1C(=O)N1CCC(CNC(=O)C(=O)Nc2ccc([N+](=O)[O-])cc2)CC1. The number of anilines is 1. The molecule has 0 bridgehead atoms. The third kappa shape index (κ3) is 5.82. The van der Waals surface area contributed by atoms with Gasteiger partial charge in [0, 0.05) is 43.7 Å². The van der Waals surface area contributed by atoms with E-state index in [4.69, 9.17) is 0 Å². The Kier molecular flexibility index (Phi) is 7.77. The quantitative estimate of drug-likeness (QED) is 0.294. The van der Waals surface area contributed by atoms with Crippen LogP contribution in [0.2, 0.25) is 0 Å². The van der Waals surface area contributed by atoms with Gasteiger partial charge in [-0.15, -0.1) is 11.8 Å². The molecule has 3 rings (SSSR count). The van der Waals surface area contributed by atoms with Gasteiger partial charge in [-0.05, 0) is 49.3 Å². The third-order valence-corrected chi connectivity index (χ3v) is 5.90. The lowest BCUT2D eigenvalue weighted by Crippen LogP contribution is -2.43. The second-order valence-corrected chi connectivity index (χ2v) is 8.06. The number of piperidine rings is 1. The van der Waals surface area contributed by atoms with Gasteiger partial charge in [-0.3, -0.25) is 24.5 Å². The number of nitrogens with one attached hydrogen (secondary N) is 2. The van der Waals surface area contributed by atoms with Crippen molar-refractivity contribution in [2.75, 3.05) is 31.2 Å². The first-order chi connectivity index (χ1) is 15.4. The standard InChI is InChI=1S/C21H23N5O5S/c1-32-20-17(3-2-10-22-20)21(29)25-11-8-14(9-12-25)13-23-18(27)19(28)24-15-4-6-16(7-5-15)26(30)31/h2-7,10,14H,8-9,11-13H2,1H3,(H,23,27)(H,24,28). The number of amides is 3. The van der Waals surface area contributed by atoms with E-state index < -0.39 is 16.7 Å². The van der Waals surface area contributed by atoms with E-state index in [-0.39, 0.29) is 17.5 Å². The number of likely N-dealkylation sites (tertiary alicyclic amines) is 1. The minimum atomic E-state index is -0.840. The summed E-state index contributed by atoms with van der Waals surface area (Å²) < 4.78 is 0. The number of nitrogens with zero attached hydrogens (tertiary/aromatic N) is 3. The summed E-state index contributed by atoms with van der Waals surface area (Å²) >= 11 is 1.43. The van der Waals surface area contributed by atoms with Crippen molar-refractivity contribution in [3.05, 3.63) is 58.3 Å². The molecule has 0 saturated carbocycles. The van der Waals surface area contributed by atoms with Crippen molar-refractivity contribution in [2.24, 2.45) is 5.92 Å². The van der Waals surface area contributed by atoms with E-state index in [2.05, 4.69) is 15.6 Å². The maximum atomic E-state index is 12.8. The molecular weight excluding hydrogens is 434 g/mol. The fraction of sp³-hybridized carbons (Fsp3) is 0.333. The lowest BCUT2D eigenvalue weighted by atomic mass is 9.96. The van der Waals surface area contributed by atoms with E-state index in [9.17, 15) is 24.5 Å². The molecule has 2 heterocycles. The highest BCUT2D eigenvalue weighted by molar-refractivity contribution is 7.98. The lowest BCUT2D eigenvalue weighted by molar-refractivity contribution is -0.384. The monoisotopic (exact) mass is 457 g/mol. The van der Waals surface area contributed by atoms with Gasteiger partial charge < -0.3 is 15.5 Å². The fourth-order valence-electron chi connectivity index (χ4n) is 3.40. The van der Waals surface area contributed by atoms with E-state index >= 15 is 0 Å². The van der Waals surface area contributed by atoms with Crippen LogP contribution in [-0.4, -0.2) is 58.4 Å². The van der Waals surface area contributed by atoms with E-state index in [0.29, 0.717) is 48.8 Å². The van der Waals surface area contributed by atoms with Crippen molar-refractivity contribution in [3.8, 4) is 0 Å². The van der Waals surface area contributed by atoms with Crippen LogP contribution in [0.4, 0.5) is 11.4 Å². The van der Waals surface area contributed by atoms with Crippen molar-refractivity contribution in [1.29, 1.82) is 0 Å². The molecule has 0 atom stereocenters. The highest BCUT2D eigenvalue weighted by Gasteiger charge is 2.26. The van der Waals surface area contributed by atoms with Crippen LogP contribution in [0, 0.1) is 16.0 Å². The molecule has 0 unspecified atom stereocenters. The number of carbonyl (C=O) groups is 3. The van der Waals surface area contributed by atoms with Gasteiger partial charge >= 0.3 is 11.8 Å². The number of hydrogen-bond donors (Lipinski definition) is 2. The summed E-state index contributed by atoms with van der Waals surface area (Å²) in [4.78, 5) is 53.1. The predicted octanol–water partition coefficient (Wildman–Crippen LogP) is 2.32. The Morgan fingerprint density at radius 2 is 1.84 bits per heavy atom. The van der Waals surface area contributed by atoms with Crippen molar-refractivity contribution >= 4 is 40.9 Å². The average molecular weight is 458 g/mol. The molecule has 1 saturated heterocycles. The molecule has 168 valence electrons. The van der Waals surface area contributed by atoms with Gasteiger partial charge in [0.1, 0.15) is 5.03 Å². The topological polar surface area (TPSA) is 135 Å². The van der Waals surface area contributed by atoms with Crippen molar-refractivity contribution in [1.82, 2.24) is 15.2 Å². The number of nitro benzene ring substituents is 1. The van der Waals surface area contributed by atoms with Crippen LogP contribution >= 0.6 is 11.8 Å². The number of nitro groups is 1. The maximum Gasteiger partial charge on any atom is 0.313 e. The smallest absolute Gasteiger partial charge is 0.313 e. The molecule has 0 aliphatic carbocycles. The molecule has 1 aliphatic rings. The molecule has 0 radical (unpaired) electrons. The van der Waals surface area contributed by atoms with Crippen molar-refractivity contribution in [3.63, 3.8) is 0 Å². The molecule has 1 aliphatic heterocycles. The second-order valence-electron chi connectivity index (χ2n) is 7.26. The molecule has 1 aromatic carbocycles. The van der Waals surface area contributed by atoms with Gasteiger partial charge in [0.15, 0.2) is 0 Å². The Morgan fingerprint density at radius 3 is 2.47 bits per heavy atom. The highest BCUT2D eigenvalue weighted by atomic mass is 32.2. The van der Waals surface area contributed by atoms with E-state index in [1.165, 1.54) is 36.0 Å². The Hall–Kier alpha value is -3.47. The first kappa shape index (κ1) is 23.2. The first-order valence-electron chi connectivity index (χ1n) is 10.0. The molecule has 3 amide bonds. The number of thioether (sulfide) groups is 1. The fourth-order valence-corrected chi connectivity index (χ4v) is 3.94. The number of hydrogen-bond acceptors (Lipinski definition) is 7. The van der Waals surface area contributed by atoms with Crippen LogP contribution in [0.25, 0.3) is 0 Å². The zero-order chi connectivity index (χ0) is 23.1. The summed E-state index contributed by atoms with van der Waals surface area (Å²) in [5.74, 6) is -1.51. The molecule has 11 heteroatoms. The van der Waals surface area contributed by atoms with Crippen LogP contribution in [0.1, 0.15) is 23.2 Å². The average Bonchev–Trinajstić information content (AvgIpc) is 2.82. The van der Waals surface area contributed by atoms with Gasteiger partial charge in [-0.25, -0.2) is 4.98 Å². The van der Waals surface area contributed by atoms with E-state index in [1.54, 1.807) is 23.2 Å². The molecule has 2 aromatic rings. The van der Waals surface area contributed by atoms with Crippen molar-refractivity contribution in [2.45, 2.75) is 17.9 Å². The lowest BCUT2D eigenvalue weighted by Gasteiger charge is -2.32. The number of rotatable bonds is 6. The van der Waals surface area contributed by atoms with Crippen LogP contribution in [0.15, 0.2) is 47.6 Å². The highest BCUT2D eigenvalue weighted by Crippen LogP contribution is 2.22. The molecule has 32 heavy (non-hydrogen) atoms. The summed E-state index contributed by atoms with van der Waals surface area (Å²) in [6.45, 7) is 1.46. The Labute approximate surface area is 188 Å². The number of carbonyl (C=O) groups excluding carboxylic acids is 3. The number of benzene rings is 1. The van der Waals surface area contributed by atoms with Crippen molar-refractivity contribution < 1.29 is 19.3 Å². The second kappa shape index (κ2) is 10.7. The summed E-state index contributed by atoms with van der Waals surface area (Å²) in [5.41, 5.74) is 0.780. The minimum absolute atomic E-state index is 0.0487. The van der Waals surface area contributed by atoms with Crippen LogP contribution in [0.5, 0.6) is 0 Å². The molecular formula is C21H23N5O5S. The maximum absolute atomic E-state index is 12.8. The van der Waals surface area contributed by atoms with Crippen LogP contribution < -0.4 is 10.6 Å². The van der Waals surface area contributed by atoms with Crippen LogP contribution in [0.3, 0.4) is 0 Å². The Morgan fingerprint density at radius 1 is 1.16 bits per heavy atom. The van der Waals surface area contributed by atoms with Gasteiger partial charge in [0.25, 0.3) is 11.6 Å². The Balaban J connectivity index is 1.44. The summed E-state index contributed by atoms with van der Waals surface area (Å²) in [5, 5.41) is 16.4. The number of pyridine rings is 1. The number of non-ortho nitro benzene ring substituents is 1. The predicted molar refractivity (Wildman–Crippen MR) is 119 cm³/mol. The normalized spacial score (nSPS) is 14.0. The Bertz CT molecular complexity index is 1010. The van der Waals surface area contributed by atoms with Crippen LogP contribution in [-0.2, 0) is 9.59 Å². The van der Waals surface area contributed by atoms with E-state index in [0.717, 1.165) is 0 Å². The first-order valence-corrected chi connectivity index (χ1v) is 11.2. The van der Waals surface area contributed by atoms with Gasteiger partial charge in [-0.1, -0.05) is 0 Å². The molecule has 1 fully saturated rings. The summed E-state index contributed by atoms with van der Waals surface area (Å²) in [6, 6.07) is 8.74. The minimum Gasteiger partial charge on any atom is -0.348 e. The number of aromatic nitrogens is 1. The summed E-state index contributed by atoms with van der Waals surface area (Å²) in [6.07, 6.45) is 4.97. The van der Waals surface area contributed by atoms with E-state index in [1.807, 2.05) is 6.26 Å². The molecule has 2 N–H and O–H groups in total. The molecule has 10 nitrogen and oxygen atoms in total. The zero-order valence-electron chi connectivity index (χ0n) is 17.4. The largest absolute Gasteiger partial charge is 0.348 e.